The lowest BCUT2D eigenvalue weighted by Gasteiger charge is -2.09. The SMILES string of the molecule is Nc1ncc(Cl)cc1C(=O)C1(N)CC1. The van der Waals surface area contributed by atoms with E-state index >= 15 is 0 Å². The Morgan fingerprint density at radius 3 is 2.79 bits per heavy atom. The maximum Gasteiger partial charge on any atom is 0.186 e. The molecule has 1 aliphatic carbocycles. The number of Topliss-reactive ketones (excluding diaryl/α,β-unsaturated/α-hetero) is 1. The summed E-state index contributed by atoms with van der Waals surface area (Å²) in [7, 11) is 0. The first-order valence-electron chi connectivity index (χ1n) is 4.28. The molecule has 4 nitrogen and oxygen atoms in total. The summed E-state index contributed by atoms with van der Waals surface area (Å²) in [5.74, 6) is 0.0288. The molecule has 0 saturated heterocycles. The summed E-state index contributed by atoms with van der Waals surface area (Å²) in [5.41, 5.74) is 10.9. The summed E-state index contributed by atoms with van der Waals surface area (Å²) in [4.78, 5) is 15.6. The minimum atomic E-state index is -0.722. The van der Waals surface area contributed by atoms with Gasteiger partial charge in [-0.2, -0.15) is 0 Å². The van der Waals surface area contributed by atoms with Gasteiger partial charge in [0.2, 0.25) is 0 Å². The lowest BCUT2D eigenvalue weighted by molar-refractivity contribution is 0.0950. The molecule has 4 N–H and O–H groups in total. The Balaban J connectivity index is 2.40. The topological polar surface area (TPSA) is 82.0 Å². The molecule has 0 atom stereocenters. The van der Waals surface area contributed by atoms with Crippen LogP contribution in [0.3, 0.4) is 0 Å². The highest BCUT2D eigenvalue weighted by Crippen LogP contribution is 2.36. The number of nitrogens with zero attached hydrogens (tertiary/aromatic N) is 1. The van der Waals surface area contributed by atoms with Crippen molar-refractivity contribution in [1.29, 1.82) is 0 Å². The molecule has 0 bridgehead atoms. The minimum Gasteiger partial charge on any atom is -0.383 e. The summed E-state index contributed by atoms with van der Waals surface area (Å²) >= 11 is 5.72. The average Bonchev–Trinajstić information content (AvgIpc) is 2.88. The average molecular weight is 212 g/mol. The zero-order chi connectivity index (χ0) is 10.3. The lowest BCUT2D eigenvalue weighted by Crippen LogP contribution is -2.33. The normalized spacial score (nSPS) is 17.9. The van der Waals surface area contributed by atoms with E-state index in [1.807, 2.05) is 0 Å². The third-order valence-electron chi connectivity index (χ3n) is 2.37. The maximum atomic E-state index is 11.8. The molecule has 1 saturated carbocycles. The van der Waals surface area contributed by atoms with Gasteiger partial charge in [-0.3, -0.25) is 4.79 Å². The summed E-state index contributed by atoms with van der Waals surface area (Å²) in [6.07, 6.45) is 2.82. The number of hydrogen-bond acceptors (Lipinski definition) is 4. The largest absolute Gasteiger partial charge is 0.383 e. The first kappa shape index (κ1) is 9.43. The Hall–Kier alpha value is -1.13. The predicted octanol–water partition coefficient (Wildman–Crippen LogP) is 0.991. The van der Waals surface area contributed by atoms with Crippen molar-refractivity contribution < 1.29 is 4.79 Å². The number of carbonyl (C=O) groups excluding carboxylic acids is 1. The van der Waals surface area contributed by atoms with Gasteiger partial charge in [0.25, 0.3) is 0 Å². The molecule has 1 aliphatic rings. The Kier molecular flexibility index (Phi) is 1.97. The molecule has 0 spiro atoms. The summed E-state index contributed by atoms with van der Waals surface area (Å²) in [5, 5.41) is 0.395. The van der Waals surface area contributed by atoms with Gasteiger partial charge >= 0.3 is 0 Å². The van der Waals surface area contributed by atoms with Gasteiger partial charge in [0, 0.05) is 6.20 Å². The third kappa shape index (κ3) is 1.47. The number of halogens is 1. The molecule has 0 unspecified atom stereocenters. The van der Waals surface area contributed by atoms with E-state index in [0.29, 0.717) is 23.4 Å². The van der Waals surface area contributed by atoms with Gasteiger partial charge in [-0.1, -0.05) is 11.6 Å². The molecule has 14 heavy (non-hydrogen) atoms. The van der Waals surface area contributed by atoms with Gasteiger partial charge in [0.15, 0.2) is 5.78 Å². The van der Waals surface area contributed by atoms with E-state index in [1.165, 1.54) is 12.3 Å². The van der Waals surface area contributed by atoms with Crippen LogP contribution >= 0.6 is 11.6 Å². The second-order valence-electron chi connectivity index (χ2n) is 3.57. The number of ketones is 1. The summed E-state index contributed by atoms with van der Waals surface area (Å²) < 4.78 is 0. The number of rotatable bonds is 2. The van der Waals surface area contributed by atoms with E-state index in [4.69, 9.17) is 23.1 Å². The standard InChI is InChI=1S/C9H10ClN3O/c10-5-3-6(8(11)13-4-5)7(14)9(12)1-2-9/h3-4H,1-2,12H2,(H2,11,13). The van der Waals surface area contributed by atoms with E-state index in [2.05, 4.69) is 4.98 Å². The van der Waals surface area contributed by atoms with Gasteiger partial charge in [0.1, 0.15) is 5.82 Å². The van der Waals surface area contributed by atoms with Crippen molar-refractivity contribution >= 4 is 23.2 Å². The summed E-state index contributed by atoms with van der Waals surface area (Å²) in [6.45, 7) is 0. The number of carbonyl (C=O) groups is 1. The number of nitrogens with two attached hydrogens (primary N) is 2. The van der Waals surface area contributed by atoms with Crippen molar-refractivity contribution in [1.82, 2.24) is 4.98 Å². The van der Waals surface area contributed by atoms with Crippen molar-refractivity contribution in [3.8, 4) is 0 Å². The lowest BCUT2D eigenvalue weighted by atomic mass is 10.0. The monoisotopic (exact) mass is 211 g/mol. The van der Waals surface area contributed by atoms with E-state index in [1.54, 1.807) is 0 Å². The zero-order valence-electron chi connectivity index (χ0n) is 7.46. The zero-order valence-corrected chi connectivity index (χ0v) is 8.21. The van der Waals surface area contributed by atoms with E-state index in [9.17, 15) is 4.79 Å². The van der Waals surface area contributed by atoms with E-state index < -0.39 is 5.54 Å². The quantitative estimate of drug-likeness (QED) is 0.715. The van der Waals surface area contributed by atoms with Crippen molar-refractivity contribution in [2.75, 3.05) is 5.73 Å². The number of aromatic nitrogens is 1. The van der Waals surface area contributed by atoms with Gasteiger partial charge in [0.05, 0.1) is 16.1 Å². The molecule has 1 heterocycles. The van der Waals surface area contributed by atoms with E-state index in [-0.39, 0.29) is 11.6 Å². The molecule has 0 aliphatic heterocycles. The van der Waals surface area contributed by atoms with Crippen LogP contribution < -0.4 is 11.5 Å². The first-order chi connectivity index (χ1) is 6.53. The molecule has 2 rings (SSSR count). The molecule has 5 heteroatoms. The van der Waals surface area contributed by atoms with Crippen LogP contribution in [0.5, 0.6) is 0 Å². The smallest absolute Gasteiger partial charge is 0.186 e. The van der Waals surface area contributed by atoms with Crippen molar-refractivity contribution in [2.45, 2.75) is 18.4 Å². The number of anilines is 1. The molecule has 1 aromatic heterocycles. The third-order valence-corrected chi connectivity index (χ3v) is 2.58. The van der Waals surface area contributed by atoms with Crippen molar-refractivity contribution in [3.05, 3.63) is 22.8 Å². The Bertz CT molecular complexity index is 401. The van der Waals surface area contributed by atoms with Crippen LogP contribution in [-0.4, -0.2) is 16.3 Å². The highest BCUT2D eigenvalue weighted by Gasteiger charge is 2.46. The predicted molar refractivity (Wildman–Crippen MR) is 54.1 cm³/mol. The molecule has 74 valence electrons. The molecule has 0 amide bonds. The highest BCUT2D eigenvalue weighted by molar-refractivity contribution is 6.31. The van der Waals surface area contributed by atoms with Crippen molar-refractivity contribution in [3.63, 3.8) is 0 Å². The Morgan fingerprint density at radius 1 is 1.57 bits per heavy atom. The Morgan fingerprint density at radius 2 is 2.21 bits per heavy atom. The van der Waals surface area contributed by atoms with E-state index in [0.717, 1.165) is 0 Å². The molecule has 1 fully saturated rings. The van der Waals surface area contributed by atoms with Gasteiger partial charge in [-0.15, -0.1) is 0 Å². The second-order valence-corrected chi connectivity index (χ2v) is 4.01. The fraction of sp³-hybridized carbons (Fsp3) is 0.333. The number of pyridine rings is 1. The van der Waals surface area contributed by atoms with Crippen LogP contribution in [0.4, 0.5) is 5.82 Å². The minimum absolute atomic E-state index is 0.162. The van der Waals surface area contributed by atoms with Crippen molar-refractivity contribution in [2.24, 2.45) is 5.73 Å². The number of hydrogen-bond donors (Lipinski definition) is 2. The molecule has 1 aromatic rings. The number of nitrogen functional groups attached to an aromatic ring is 1. The van der Waals surface area contributed by atoms with Crippen LogP contribution in [0.2, 0.25) is 5.02 Å². The molecule has 0 radical (unpaired) electrons. The summed E-state index contributed by atoms with van der Waals surface area (Å²) in [6, 6.07) is 1.51. The first-order valence-corrected chi connectivity index (χ1v) is 4.65. The molecular weight excluding hydrogens is 202 g/mol. The molecule has 0 aromatic carbocycles. The molecular formula is C9H10ClN3O. The van der Waals surface area contributed by atoms with Crippen LogP contribution in [0.15, 0.2) is 12.3 Å². The fourth-order valence-electron chi connectivity index (χ4n) is 1.26. The van der Waals surface area contributed by atoms with Gasteiger partial charge < -0.3 is 11.5 Å². The van der Waals surface area contributed by atoms with Crippen LogP contribution in [0, 0.1) is 0 Å². The highest BCUT2D eigenvalue weighted by atomic mass is 35.5. The fourth-order valence-corrected chi connectivity index (χ4v) is 1.42. The Labute approximate surface area is 86.2 Å². The van der Waals surface area contributed by atoms with Gasteiger partial charge in [-0.25, -0.2) is 4.98 Å². The van der Waals surface area contributed by atoms with Crippen LogP contribution in [0.1, 0.15) is 23.2 Å². The van der Waals surface area contributed by atoms with Crippen LogP contribution in [-0.2, 0) is 0 Å². The van der Waals surface area contributed by atoms with Gasteiger partial charge in [-0.05, 0) is 18.9 Å². The van der Waals surface area contributed by atoms with Crippen LogP contribution in [0.25, 0.3) is 0 Å². The maximum absolute atomic E-state index is 11.8. The second kappa shape index (κ2) is 2.93.